The molecule has 0 unspecified atom stereocenters. The molecular formula is C32H40FN3O4S. The first-order valence-electron chi connectivity index (χ1n) is 13.9. The summed E-state index contributed by atoms with van der Waals surface area (Å²) in [6.07, 6.45) is 1.02. The summed E-state index contributed by atoms with van der Waals surface area (Å²) in [6.45, 7) is 10.7. The third-order valence-corrected chi connectivity index (χ3v) is 8.94. The molecule has 0 aliphatic carbocycles. The monoisotopic (exact) mass is 581 g/mol. The zero-order chi connectivity index (χ0) is 30.3. The van der Waals surface area contributed by atoms with Gasteiger partial charge >= 0.3 is 0 Å². The molecule has 0 aliphatic heterocycles. The summed E-state index contributed by atoms with van der Waals surface area (Å²) in [7, 11) is -4.15. The zero-order valence-corrected chi connectivity index (χ0v) is 25.5. The number of carbonyl (C=O) groups is 2. The number of carbonyl (C=O) groups excluding carboxylic acids is 2. The van der Waals surface area contributed by atoms with E-state index in [2.05, 4.69) is 5.32 Å². The molecule has 1 N–H and O–H groups in total. The molecule has 3 rings (SSSR count). The first-order chi connectivity index (χ1) is 19.4. The standard InChI is InChI=1S/C32H40FN3O4S/c1-7-25(6)34-32(38)29(8-2)35(20-26-12-14-27(33)15-13-26)31(37)21-36(30-18-11-23(4)19-24(30)5)41(39,40)28-16-9-22(3)10-17-28/h9-19,25,29H,7-8,20-21H2,1-6H3,(H,34,38)/t25-,29+/m0/s1. The minimum Gasteiger partial charge on any atom is -0.352 e. The maximum absolute atomic E-state index is 14.1. The van der Waals surface area contributed by atoms with Crippen LogP contribution in [-0.4, -0.2) is 43.8 Å². The van der Waals surface area contributed by atoms with Crippen molar-refractivity contribution in [1.82, 2.24) is 10.2 Å². The highest BCUT2D eigenvalue weighted by atomic mass is 32.2. The summed E-state index contributed by atoms with van der Waals surface area (Å²) < 4.78 is 42.8. The summed E-state index contributed by atoms with van der Waals surface area (Å²) >= 11 is 0. The van der Waals surface area contributed by atoms with Crippen LogP contribution in [-0.2, 0) is 26.2 Å². The molecule has 0 radical (unpaired) electrons. The van der Waals surface area contributed by atoms with Crippen LogP contribution in [0.25, 0.3) is 0 Å². The van der Waals surface area contributed by atoms with E-state index in [0.717, 1.165) is 15.4 Å². The van der Waals surface area contributed by atoms with Crippen LogP contribution in [0.15, 0.2) is 71.6 Å². The molecule has 9 heteroatoms. The molecule has 0 aliphatic rings. The number of nitrogens with one attached hydrogen (secondary N) is 1. The molecule has 3 aromatic carbocycles. The fourth-order valence-electron chi connectivity index (χ4n) is 4.58. The molecule has 2 amide bonds. The molecule has 0 saturated heterocycles. The second-order valence-electron chi connectivity index (χ2n) is 10.5. The molecule has 7 nitrogen and oxygen atoms in total. The van der Waals surface area contributed by atoms with E-state index in [0.29, 0.717) is 29.7 Å². The van der Waals surface area contributed by atoms with Crippen LogP contribution in [0, 0.1) is 26.6 Å². The Morgan fingerprint density at radius 2 is 1.49 bits per heavy atom. The summed E-state index contributed by atoms with van der Waals surface area (Å²) in [6, 6.07) is 16.6. The number of amides is 2. The Hall–Kier alpha value is -3.72. The van der Waals surface area contributed by atoms with Crippen molar-refractivity contribution in [3.05, 3.63) is 94.8 Å². The van der Waals surface area contributed by atoms with Crippen LogP contribution in [0.1, 0.15) is 55.9 Å². The molecule has 0 spiro atoms. The minimum absolute atomic E-state index is 0.0108. The molecular weight excluding hydrogens is 541 g/mol. The van der Waals surface area contributed by atoms with Crippen LogP contribution in [0.2, 0.25) is 0 Å². The topological polar surface area (TPSA) is 86.8 Å². The molecule has 220 valence electrons. The highest BCUT2D eigenvalue weighted by Gasteiger charge is 2.34. The third-order valence-electron chi connectivity index (χ3n) is 7.16. The van der Waals surface area contributed by atoms with E-state index >= 15 is 0 Å². The number of hydrogen-bond donors (Lipinski definition) is 1. The van der Waals surface area contributed by atoms with E-state index in [-0.39, 0.29) is 23.4 Å². The molecule has 0 bridgehead atoms. The van der Waals surface area contributed by atoms with E-state index in [1.165, 1.54) is 29.2 Å². The number of aryl methyl sites for hydroxylation is 3. The van der Waals surface area contributed by atoms with Crippen molar-refractivity contribution in [1.29, 1.82) is 0 Å². The maximum Gasteiger partial charge on any atom is 0.264 e. The Morgan fingerprint density at radius 3 is 2.05 bits per heavy atom. The number of sulfonamides is 1. The van der Waals surface area contributed by atoms with Crippen molar-refractivity contribution in [3.8, 4) is 0 Å². The van der Waals surface area contributed by atoms with Gasteiger partial charge in [0.15, 0.2) is 0 Å². The average Bonchev–Trinajstić information content (AvgIpc) is 2.93. The van der Waals surface area contributed by atoms with Crippen molar-refractivity contribution in [3.63, 3.8) is 0 Å². The number of halogens is 1. The van der Waals surface area contributed by atoms with E-state index in [9.17, 15) is 22.4 Å². The van der Waals surface area contributed by atoms with Gasteiger partial charge in [-0.3, -0.25) is 13.9 Å². The number of rotatable bonds is 12. The van der Waals surface area contributed by atoms with E-state index < -0.39 is 34.3 Å². The van der Waals surface area contributed by atoms with Crippen molar-refractivity contribution < 1.29 is 22.4 Å². The van der Waals surface area contributed by atoms with Crippen molar-refractivity contribution >= 4 is 27.5 Å². The van der Waals surface area contributed by atoms with E-state index in [1.807, 2.05) is 33.8 Å². The van der Waals surface area contributed by atoms with Crippen LogP contribution < -0.4 is 9.62 Å². The Morgan fingerprint density at radius 1 is 0.878 bits per heavy atom. The Labute approximate surface area is 243 Å². The molecule has 0 fully saturated rings. The lowest BCUT2D eigenvalue weighted by Crippen LogP contribution is -2.53. The lowest BCUT2D eigenvalue weighted by atomic mass is 10.1. The quantitative estimate of drug-likeness (QED) is 0.299. The Balaban J connectivity index is 2.09. The van der Waals surface area contributed by atoms with E-state index in [1.54, 1.807) is 50.2 Å². The summed E-state index contributed by atoms with van der Waals surface area (Å²) in [4.78, 5) is 28.9. The lowest BCUT2D eigenvalue weighted by Gasteiger charge is -2.34. The van der Waals surface area contributed by atoms with Gasteiger partial charge in [-0.15, -0.1) is 0 Å². The molecule has 0 aromatic heterocycles. The number of nitrogens with zero attached hydrogens (tertiary/aromatic N) is 2. The van der Waals surface area contributed by atoms with Crippen LogP contribution in [0.3, 0.4) is 0 Å². The SMILES string of the molecule is CC[C@H](C(=O)N[C@@H](C)CC)N(Cc1ccc(F)cc1)C(=O)CN(c1ccc(C)cc1C)S(=O)(=O)c1ccc(C)cc1. The second-order valence-corrected chi connectivity index (χ2v) is 12.4. The van der Waals surface area contributed by atoms with Gasteiger partial charge in [-0.25, -0.2) is 12.8 Å². The van der Waals surface area contributed by atoms with Gasteiger partial charge in [0.1, 0.15) is 18.4 Å². The molecule has 2 atom stereocenters. The average molecular weight is 582 g/mol. The molecule has 3 aromatic rings. The van der Waals surface area contributed by atoms with Gasteiger partial charge in [0.2, 0.25) is 11.8 Å². The largest absolute Gasteiger partial charge is 0.352 e. The van der Waals surface area contributed by atoms with Crippen molar-refractivity contribution in [2.75, 3.05) is 10.8 Å². The highest BCUT2D eigenvalue weighted by Crippen LogP contribution is 2.28. The lowest BCUT2D eigenvalue weighted by molar-refractivity contribution is -0.140. The summed E-state index contributed by atoms with van der Waals surface area (Å²) in [5.41, 5.74) is 3.55. The first kappa shape index (κ1) is 31.8. The maximum atomic E-state index is 14.1. The van der Waals surface area contributed by atoms with Gasteiger partial charge in [-0.05, 0) is 82.0 Å². The molecule has 0 saturated carbocycles. The fraction of sp³-hybridized carbons (Fsp3) is 0.375. The van der Waals surface area contributed by atoms with Gasteiger partial charge in [0.25, 0.3) is 10.0 Å². The smallest absolute Gasteiger partial charge is 0.264 e. The Kier molecular flexibility index (Phi) is 10.7. The van der Waals surface area contributed by atoms with Gasteiger partial charge in [0.05, 0.1) is 10.6 Å². The van der Waals surface area contributed by atoms with Gasteiger partial charge < -0.3 is 10.2 Å². The van der Waals surface area contributed by atoms with Crippen LogP contribution in [0.5, 0.6) is 0 Å². The van der Waals surface area contributed by atoms with Crippen LogP contribution >= 0.6 is 0 Å². The number of benzene rings is 3. The Bertz CT molecular complexity index is 1460. The normalized spacial score (nSPS) is 12.9. The van der Waals surface area contributed by atoms with Crippen LogP contribution in [0.4, 0.5) is 10.1 Å². The van der Waals surface area contributed by atoms with E-state index in [4.69, 9.17) is 0 Å². The third kappa shape index (κ3) is 7.94. The number of anilines is 1. The summed E-state index contributed by atoms with van der Waals surface area (Å²) in [5.74, 6) is -1.29. The minimum atomic E-state index is -4.15. The molecule has 41 heavy (non-hydrogen) atoms. The summed E-state index contributed by atoms with van der Waals surface area (Å²) in [5, 5.41) is 2.95. The van der Waals surface area contributed by atoms with Gasteiger partial charge in [-0.2, -0.15) is 0 Å². The second kappa shape index (κ2) is 13.8. The van der Waals surface area contributed by atoms with Gasteiger partial charge in [0, 0.05) is 12.6 Å². The predicted molar refractivity (Wildman–Crippen MR) is 161 cm³/mol. The van der Waals surface area contributed by atoms with Gasteiger partial charge in [-0.1, -0.05) is 61.4 Å². The number of hydrogen-bond acceptors (Lipinski definition) is 4. The predicted octanol–water partition coefficient (Wildman–Crippen LogP) is 5.67. The highest BCUT2D eigenvalue weighted by molar-refractivity contribution is 7.92. The zero-order valence-electron chi connectivity index (χ0n) is 24.6. The molecule has 0 heterocycles. The van der Waals surface area contributed by atoms with Crippen molar-refractivity contribution in [2.45, 2.75) is 77.9 Å². The first-order valence-corrected chi connectivity index (χ1v) is 15.3. The van der Waals surface area contributed by atoms with Crippen molar-refractivity contribution in [2.24, 2.45) is 0 Å². The fourth-order valence-corrected chi connectivity index (χ4v) is 6.06.